The van der Waals surface area contributed by atoms with Crippen molar-refractivity contribution in [1.82, 2.24) is 9.79 Å². The van der Waals surface area contributed by atoms with Gasteiger partial charge in [0.2, 0.25) is 10.0 Å². The van der Waals surface area contributed by atoms with E-state index in [2.05, 4.69) is 11.8 Å². The lowest BCUT2D eigenvalue weighted by atomic mass is 10.3. The molecule has 1 heterocycles. The Labute approximate surface area is 139 Å². The van der Waals surface area contributed by atoms with Gasteiger partial charge in [0.25, 0.3) is 5.91 Å². The Balaban J connectivity index is 2.18. The Morgan fingerprint density at radius 1 is 1.48 bits per heavy atom. The average molecular weight is 356 g/mol. The Morgan fingerprint density at radius 3 is 2.78 bits per heavy atom. The maximum atomic E-state index is 12.6. The first-order chi connectivity index (χ1) is 11.0. The summed E-state index contributed by atoms with van der Waals surface area (Å²) >= 11 is 1.31. The van der Waals surface area contributed by atoms with E-state index < -0.39 is 22.0 Å². The largest absolute Gasteiger partial charge is 0.481 e. The fourth-order valence-corrected chi connectivity index (χ4v) is 5.13. The normalized spacial score (nSPS) is 18.1. The van der Waals surface area contributed by atoms with E-state index in [1.807, 2.05) is 0 Å². The summed E-state index contributed by atoms with van der Waals surface area (Å²) in [4.78, 5) is 11.6. The highest BCUT2D eigenvalue weighted by Crippen LogP contribution is 2.29. The van der Waals surface area contributed by atoms with Gasteiger partial charge >= 0.3 is 0 Å². The van der Waals surface area contributed by atoms with Gasteiger partial charge in [-0.25, -0.2) is 13.9 Å². The molecule has 7 nitrogen and oxygen atoms in total. The van der Waals surface area contributed by atoms with Crippen molar-refractivity contribution in [3.63, 3.8) is 0 Å². The van der Waals surface area contributed by atoms with Crippen LogP contribution in [0.4, 0.5) is 0 Å². The van der Waals surface area contributed by atoms with Crippen LogP contribution in [0.1, 0.15) is 6.92 Å². The minimum atomic E-state index is -3.83. The predicted molar refractivity (Wildman–Crippen MR) is 85.5 cm³/mol. The molecule has 1 aliphatic rings. The van der Waals surface area contributed by atoms with Crippen molar-refractivity contribution in [1.29, 1.82) is 0 Å². The number of sulfonamides is 1. The predicted octanol–water partition coefficient (Wildman–Crippen LogP) is 0.658. The molecule has 0 aromatic heterocycles. The van der Waals surface area contributed by atoms with Gasteiger partial charge in [-0.15, -0.1) is 17.7 Å². The molecule has 23 heavy (non-hydrogen) atoms. The molecule has 0 spiro atoms. The summed E-state index contributed by atoms with van der Waals surface area (Å²) in [6, 6.07) is 4.98. The maximum Gasteiger partial charge on any atom is 0.262 e. The number of ether oxygens (including phenoxy) is 1. The van der Waals surface area contributed by atoms with E-state index in [9.17, 15) is 13.2 Å². The van der Waals surface area contributed by atoms with Crippen molar-refractivity contribution in [2.45, 2.75) is 17.9 Å². The van der Waals surface area contributed by atoms with Gasteiger partial charge in [-0.3, -0.25) is 10.0 Å². The van der Waals surface area contributed by atoms with Crippen molar-refractivity contribution >= 4 is 27.7 Å². The first-order valence-corrected chi connectivity index (χ1v) is 9.26. The maximum absolute atomic E-state index is 12.6. The third-order valence-electron chi connectivity index (χ3n) is 3.17. The molecule has 1 saturated heterocycles. The van der Waals surface area contributed by atoms with E-state index >= 15 is 0 Å². The highest BCUT2D eigenvalue weighted by atomic mass is 32.2. The smallest absolute Gasteiger partial charge is 0.262 e. The van der Waals surface area contributed by atoms with Gasteiger partial charge in [0, 0.05) is 5.75 Å². The van der Waals surface area contributed by atoms with Crippen LogP contribution in [0.25, 0.3) is 0 Å². The Bertz CT molecular complexity index is 722. The zero-order chi connectivity index (χ0) is 16.9. The number of hydrogen-bond acceptors (Lipinski definition) is 6. The first kappa shape index (κ1) is 17.6. The van der Waals surface area contributed by atoms with Crippen LogP contribution in [0, 0.1) is 11.8 Å². The lowest BCUT2D eigenvalue weighted by molar-refractivity contribution is -0.132. The highest BCUT2D eigenvalue weighted by Gasteiger charge is 2.39. The van der Waals surface area contributed by atoms with Gasteiger partial charge in [0.15, 0.2) is 0 Å². The van der Waals surface area contributed by atoms with Crippen LogP contribution in [0.2, 0.25) is 0 Å². The van der Waals surface area contributed by atoms with Gasteiger partial charge in [0.05, 0.1) is 10.8 Å². The van der Waals surface area contributed by atoms with E-state index in [-0.39, 0.29) is 17.4 Å². The number of hydroxylamine groups is 1. The van der Waals surface area contributed by atoms with E-state index in [4.69, 9.17) is 9.94 Å². The molecule has 0 radical (unpaired) electrons. The van der Waals surface area contributed by atoms with Crippen LogP contribution in [0.5, 0.6) is 5.75 Å². The summed E-state index contributed by atoms with van der Waals surface area (Å²) in [5, 5.41) is 8.73. The third kappa shape index (κ3) is 3.97. The molecule has 0 saturated carbocycles. The molecule has 2 rings (SSSR count). The second kappa shape index (κ2) is 7.70. The summed E-state index contributed by atoms with van der Waals surface area (Å²) in [5.74, 6) is 5.65. The van der Waals surface area contributed by atoms with Crippen molar-refractivity contribution in [3.05, 3.63) is 24.3 Å². The molecule has 124 valence electrons. The summed E-state index contributed by atoms with van der Waals surface area (Å²) < 4.78 is 31.7. The van der Waals surface area contributed by atoms with Crippen molar-refractivity contribution in [2.75, 3.05) is 18.2 Å². The van der Waals surface area contributed by atoms with Gasteiger partial charge in [-0.1, -0.05) is 5.92 Å². The third-order valence-corrected chi connectivity index (χ3v) is 6.22. The summed E-state index contributed by atoms with van der Waals surface area (Å²) in [7, 11) is -3.83. The first-order valence-electron chi connectivity index (χ1n) is 6.66. The summed E-state index contributed by atoms with van der Waals surface area (Å²) in [6.07, 6.45) is 0. The van der Waals surface area contributed by atoms with Gasteiger partial charge in [-0.2, -0.15) is 4.31 Å². The van der Waals surface area contributed by atoms with E-state index in [1.165, 1.54) is 41.5 Å². The van der Waals surface area contributed by atoms with Gasteiger partial charge in [0.1, 0.15) is 18.4 Å². The minimum Gasteiger partial charge on any atom is -0.481 e. The number of hydrogen-bond donors (Lipinski definition) is 2. The molecular weight excluding hydrogens is 340 g/mol. The molecule has 9 heteroatoms. The molecule has 0 unspecified atom stereocenters. The zero-order valence-electron chi connectivity index (χ0n) is 12.4. The Morgan fingerprint density at radius 2 is 2.17 bits per heavy atom. The van der Waals surface area contributed by atoms with Crippen LogP contribution in [-0.4, -0.2) is 48.1 Å². The molecule has 1 fully saturated rings. The SMILES string of the molecule is CC#CCOc1ccc(S(=O)(=O)N2CSC[C@@H]2C(=O)NO)cc1. The van der Waals surface area contributed by atoms with Crippen molar-refractivity contribution in [3.8, 4) is 17.6 Å². The van der Waals surface area contributed by atoms with Crippen molar-refractivity contribution < 1.29 is 23.2 Å². The Kier molecular flexibility index (Phi) is 5.90. The van der Waals surface area contributed by atoms with Crippen LogP contribution in [0.3, 0.4) is 0 Å². The number of carbonyl (C=O) groups is 1. The molecule has 1 aliphatic heterocycles. The number of carbonyl (C=O) groups excluding carboxylic acids is 1. The zero-order valence-corrected chi connectivity index (χ0v) is 14.0. The fourth-order valence-electron chi connectivity index (χ4n) is 1.98. The lowest BCUT2D eigenvalue weighted by Crippen LogP contribution is -2.46. The van der Waals surface area contributed by atoms with Crippen LogP contribution >= 0.6 is 11.8 Å². The van der Waals surface area contributed by atoms with Gasteiger partial charge < -0.3 is 4.74 Å². The average Bonchev–Trinajstić information content (AvgIpc) is 3.05. The van der Waals surface area contributed by atoms with Gasteiger partial charge in [-0.05, 0) is 31.2 Å². The summed E-state index contributed by atoms with van der Waals surface area (Å²) in [5.41, 5.74) is 1.51. The van der Waals surface area contributed by atoms with E-state index in [0.29, 0.717) is 11.5 Å². The fraction of sp³-hybridized carbons (Fsp3) is 0.357. The molecule has 1 amide bonds. The van der Waals surface area contributed by atoms with E-state index in [1.54, 1.807) is 6.92 Å². The number of amides is 1. The van der Waals surface area contributed by atoms with Crippen molar-refractivity contribution in [2.24, 2.45) is 0 Å². The number of nitrogens with one attached hydrogen (secondary N) is 1. The number of thioether (sulfide) groups is 1. The summed E-state index contributed by atoms with van der Waals surface area (Å²) in [6.45, 7) is 1.93. The minimum absolute atomic E-state index is 0.0599. The standard InChI is InChI=1S/C14H16N2O5S2/c1-2-3-8-21-11-4-6-12(7-5-11)23(19,20)16-10-22-9-13(16)14(17)15-18/h4-7,13,18H,8-10H2,1H3,(H,15,17)/t13-/m1/s1. The lowest BCUT2D eigenvalue weighted by Gasteiger charge is -2.21. The molecule has 2 N–H and O–H groups in total. The molecule has 1 aromatic rings. The molecular formula is C14H16N2O5S2. The second-order valence-electron chi connectivity index (χ2n) is 4.57. The number of rotatable bonds is 5. The molecule has 0 aliphatic carbocycles. The van der Waals surface area contributed by atoms with Crippen LogP contribution < -0.4 is 10.2 Å². The number of nitrogens with zero attached hydrogens (tertiary/aromatic N) is 1. The van der Waals surface area contributed by atoms with Crippen LogP contribution in [0.15, 0.2) is 29.2 Å². The Hall–Kier alpha value is -1.73. The van der Waals surface area contributed by atoms with Crippen LogP contribution in [-0.2, 0) is 14.8 Å². The molecule has 1 aromatic carbocycles. The topological polar surface area (TPSA) is 95.9 Å². The quantitative estimate of drug-likeness (QED) is 0.457. The monoisotopic (exact) mass is 356 g/mol. The second-order valence-corrected chi connectivity index (χ2v) is 7.46. The molecule has 0 bridgehead atoms. The highest BCUT2D eigenvalue weighted by molar-refractivity contribution is 8.00. The molecule has 1 atom stereocenters. The van der Waals surface area contributed by atoms with E-state index in [0.717, 1.165) is 4.31 Å². The number of benzene rings is 1.